The molecule has 0 aliphatic heterocycles. The van der Waals surface area contributed by atoms with Crippen LogP contribution >= 0.6 is 0 Å². The SMILES string of the molecule is CCOc1ccc(C(C)NCc2ccc(F)c(C)c2)cc1. The summed E-state index contributed by atoms with van der Waals surface area (Å²) in [7, 11) is 0. The molecule has 0 aliphatic carbocycles. The van der Waals surface area contributed by atoms with Gasteiger partial charge >= 0.3 is 0 Å². The standard InChI is InChI=1S/C18H22FNO/c1-4-21-17-8-6-16(7-9-17)14(3)20-12-15-5-10-18(19)13(2)11-15/h5-11,14,20H,4,12H2,1-3H3. The molecule has 0 amide bonds. The van der Waals surface area contributed by atoms with Gasteiger partial charge in [0.15, 0.2) is 0 Å². The molecule has 0 aromatic heterocycles. The molecule has 3 heteroatoms. The zero-order valence-electron chi connectivity index (χ0n) is 12.8. The van der Waals surface area contributed by atoms with Gasteiger partial charge in [-0.05, 0) is 55.7 Å². The van der Waals surface area contributed by atoms with E-state index in [-0.39, 0.29) is 11.9 Å². The van der Waals surface area contributed by atoms with Gasteiger partial charge in [-0.1, -0.05) is 24.3 Å². The van der Waals surface area contributed by atoms with E-state index in [9.17, 15) is 4.39 Å². The minimum absolute atomic E-state index is 0.154. The fourth-order valence-corrected chi connectivity index (χ4v) is 2.22. The number of aryl methyl sites for hydroxylation is 1. The molecule has 2 aromatic rings. The lowest BCUT2D eigenvalue weighted by Gasteiger charge is -2.15. The predicted octanol–water partition coefficient (Wildman–Crippen LogP) is 4.38. The van der Waals surface area contributed by atoms with Crippen molar-refractivity contribution in [1.82, 2.24) is 5.32 Å². The molecule has 0 spiro atoms. The third kappa shape index (κ3) is 4.30. The van der Waals surface area contributed by atoms with Crippen molar-refractivity contribution in [1.29, 1.82) is 0 Å². The zero-order valence-corrected chi connectivity index (χ0v) is 12.8. The Morgan fingerprint density at radius 1 is 1.14 bits per heavy atom. The van der Waals surface area contributed by atoms with E-state index >= 15 is 0 Å². The molecule has 1 N–H and O–H groups in total. The fraction of sp³-hybridized carbons (Fsp3) is 0.333. The highest BCUT2D eigenvalue weighted by Crippen LogP contribution is 2.18. The number of hydrogen-bond acceptors (Lipinski definition) is 2. The van der Waals surface area contributed by atoms with Crippen LogP contribution in [0.1, 0.15) is 36.6 Å². The van der Waals surface area contributed by atoms with Gasteiger partial charge in [0.2, 0.25) is 0 Å². The quantitative estimate of drug-likeness (QED) is 0.851. The molecule has 0 saturated heterocycles. The summed E-state index contributed by atoms with van der Waals surface area (Å²) in [6.07, 6.45) is 0. The largest absolute Gasteiger partial charge is 0.494 e. The van der Waals surface area contributed by atoms with Crippen LogP contribution in [0.3, 0.4) is 0 Å². The van der Waals surface area contributed by atoms with Crippen LogP contribution in [0.5, 0.6) is 5.75 Å². The van der Waals surface area contributed by atoms with E-state index in [1.54, 1.807) is 6.92 Å². The fourth-order valence-electron chi connectivity index (χ4n) is 2.22. The van der Waals surface area contributed by atoms with E-state index in [2.05, 4.69) is 24.4 Å². The van der Waals surface area contributed by atoms with Crippen LogP contribution in [0.15, 0.2) is 42.5 Å². The molecule has 2 aromatic carbocycles. The highest BCUT2D eigenvalue weighted by Gasteiger charge is 2.06. The van der Waals surface area contributed by atoms with E-state index in [4.69, 9.17) is 4.74 Å². The van der Waals surface area contributed by atoms with Crippen molar-refractivity contribution < 1.29 is 9.13 Å². The number of rotatable bonds is 6. The van der Waals surface area contributed by atoms with Crippen LogP contribution in [0.4, 0.5) is 4.39 Å². The second-order valence-electron chi connectivity index (χ2n) is 5.19. The molecule has 112 valence electrons. The Morgan fingerprint density at radius 3 is 2.48 bits per heavy atom. The van der Waals surface area contributed by atoms with E-state index < -0.39 is 0 Å². The van der Waals surface area contributed by atoms with Crippen molar-refractivity contribution in [2.75, 3.05) is 6.61 Å². The molecule has 0 saturated carbocycles. The van der Waals surface area contributed by atoms with Gasteiger partial charge in [0.25, 0.3) is 0 Å². The smallest absolute Gasteiger partial charge is 0.126 e. The van der Waals surface area contributed by atoms with Crippen LogP contribution in [0, 0.1) is 12.7 Å². The van der Waals surface area contributed by atoms with Crippen LogP contribution < -0.4 is 10.1 Å². The highest BCUT2D eigenvalue weighted by molar-refractivity contribution is 5.29. The van der Waals surface area contributed by atoms with Gasteiger partial charge in [-0.15, -0.1) is 0 Å². The van der Waals surface area contributed by atoms with Gasteiger partial charge in [0.05, 0.1) is 6.61 Å². The van der Waals surface area contributed by atoms with Crippen LogP contribution in [-0.2, 0) is 6.54 Å². The molecule has 2 rings (SSSR count). The Labute approximate surface area is 126 Å². The molecular formula is C18H22FNO. The van der Waals surface area contributed by atoms with Gasteiger partial charge in [-0.25, -0.2) is 4.39 Å². The topological polar surface area (TPSA) is 21.3 Å². The van der Waals surface area contributed by atoms with Crippen LogP contribution in [-0.4, -0.2) is 6.61 Å². The number of halogens is 1. The van der Waals surface area contributed by atoms with Gasteiger partial charge in [0, 0.05) is 12.6 Å². The lowest BCUT2D eigenvalue weighted by atomic mass is 10.1. The molecule has 1 atom stereocenters. The molecule has 21 heavy (non-hydrogen) atoms. The minimum Gasteiger partial charge on any atom is -0.494 e. The summed E-state index contributed by atoms with van der Waals surface area (Å²) in [5.74, 6) is 0.737. The monoisotopic (exact) mass is 287 g/mol. The highest BCUT2D eigenvalue weighted by atomic mass is 19.1. The van der Waals surface area contributed by atoms with Crippen LogP contribution in [0.2, 0.25) is 0 Å². The molecule has 0 aliphatic rings. The Kier molecular flexibility index (Phi) is 5.34. The maximum Gasteiger partial charge on any atom is 0.126 e. The first-order chi connectivity index (χ1) is 10.1. The van der Waals surface area contributed by atoms with E-state index in [1.165, 1.54) is 11.6 Å². The average Bonchev–Trinajstić information content (AvgIpc) is 2.49. The first-order valence-corrected chi connectivity index (χ1v) is 7.31. The summed E-state index contributed by atoms with van der Waals surface area (Å²) < 4.78 is 18.7. The molecule has 2 nitrogen and oxygen atoms in total. The van der Waals surface area contributed by atoms with Crippen molar-refractivity contribution in [2.24, 2.45) is 0 Å². The lowest BCUT2D eigenvalue weighted by molar-refractivity contribution is 0.340. The maximum atomic E-state index is 13.2. The summed E-state index contributed by atoms with van der Waals surface area (Å²) in [6.45, 7) is 7.27. The second-order valence-corrected chi connectivity index (χ2v) is 5.19. The Balaban J connectivity index is 1.94. The normalized spacial score (nSPS) is 12.2. The van der Waals surface area contributed by atoms with Gasteiger partial charge < -0.3 is 10.1 Å². The van der Waals surface area contributed by atoms with Crippen molar-refractivity contribution in [2.45, 2.75) is 33.4 Å². The molecular weight excluding hydrogens is 265 g/mol. The molecule has 0 bridgehead atoms. The van der Waals surface area contributed by atoms with Crippen molar-refractivity contribution in [3.8, 4) is 5.75 Å². The third-order valence-corrected chi connectivity index (χ3v) is 3.53. The summed E-state index contributed by atoms with van der Waals surface area (Å²) >= 11 is 0. The van der Waals surface area contributed by atoms with E-state index in [0.717, 1.165) is 17.9 Å². The first kappa shape index (κ1) is 15.5. The molecule has 1 unspecified atom stereocenters. The Hall–Kier alpha value is -1.87. The average molecular weight is 287 g/mol. The number of nitrogens with one attached hydrogen (secondary N) is 1. The molecule has 0 heterocycles. The lowest BCUT2D eigenvalue weighted by Crippen LogP contribution is -2.18. The maximum absolute atomic E-state index is 13.2. The van der Waals surface area contributed by atoms with Crippen molar-refractivity contribution in [3.63, 3.8) is 0 Å². The number of ether oxygens (including phenoxy) is 1. The second kappa shape index (κ2) is 7.23. The summed E-state index contributed by atoms with van der Waals surface area (Å²) in [6, 6.07) is 13.6. The predicted molar refractivity (Wildman–Crippen MR) is 84.0 cm³/mol. The van der Waals surface area contributed by atoms with E-state index in [0.29, 0.717) is 12.2 Å². The number of hydrogen-bond donors (Lipinski definition) is 1. The van der Waals surface area contributed by atoms with E-state index in [1.807, 2.05) is 31.2 Å². The Morgan fingerprint density at radius 2 is 1.86 bits per heavy atom. The van der Waals surface area contributed by atoms with Gasteiger partial charge in [-0.2, -0.15) is 0 Å². The minimum atomic E-state index is -0.154. The van der Waals surface area contributed by atoms with Crippen LogP contribution in [0.25, 0.3) is 0 Å². The van der Waals surface area contributed by atoms with Gasteiger partial charge in [0.1, 0.15) is 11.6 Å². The first-order valence-electron chi connectivity index (χ1n) is 7.31. The summed E-state index contributed by atoms with van der Waals surface area (Å²) in [5, 5.41) is 3.45. The summed E-state index contributed by atoms with van der Waals surface area (Å²) in [5.41, 5.74) is 2.98. The van der Waals surface area contributed by atoms with Crippen molar-refractivity contribution >= 4 is 0 Å². The molecule has 0 radical (unpaired) electrons. The Bertz CT molecular complexity index is 580. The van der Waals surface area contributed by atoms with Gasteiger partial charge in [-0.3, -0.25) is 0 Å². The third-order valence-electron chi connectivity index (χ3n) is 3.53. The number of benzene rings is 2. The molecule has 0 fully saturated rings. The van der Waals surface area contributed by atoms with Crippen molar-refractivity contribution in [3.05, 3.63) is 65.0 Å². The summed E-state index contributed by atoms with van der Waals surface area (Å²) in [4.78, 5) is 0. The zero-order chi connectivity index (χ0) is 15.2.